The van der Waals surface area contributed by atoms with E-state index in [1.165, 1.54) is 0 Å². The number of halogens is 4. The SMILES string of the molecule is FC1=C[C](Br)CC(F)=C1F. The lowest BCUT2D eigenvalue weighted by Gasteiger charge is -2.08. The van der Waals surface area contributed by atoms with Gasteiger partial charge in [0.05, 0.1) is 4.83 Å². The van der Waals surface area contributed by atoms with E-state index in [1.54, 1.807) is 0 Å². The molecule has 0 spiro atoms. The van der Waals surface area contributed by atoms with Gasteiger partial charge in [-0.15, -0.1) is 0 Å². The van der Waals surface area contributed by atoms with Crippen LogP contribution in [0.25, 0.3) is 0 Å². The van der Waals surface area contributed by atoms with Crippen molar-refractivity contribution in [1.29, 1.82) is 0 Å². The van der Waals surface area contributed by atoms with Crippen molar-refractivity contribution in [3.05, 3.63) is 28.4 Å². The Morgan fingerprint density at radius 1 is 1.30 bits per heavy atom. The van der Waals surface area contributed by atoms with Crippen molar-refractivity contribution < 1.29 is 13.2 Å². The monoisotopic (exact) mass is 211 g/mol. The molecule has 0 aliphatic heterocycles. The van der Waals surface area contributed by atoms with Gasteiger partial charge in [0, 0.05) is 6.42 Å². The summed E-state index contributed by atoms with van der Waals surface area (Å²) in [4.78, 5) is 0.309. The van der Waals surface area contributed by atoms with Crippen LogP contribution in [-0.2, 0) is 0 Å². The van der Waals surface area contributed by atoms with Crippen molar-refractivity contribution in [2.45, 2.75) is 6.42 Å². The van der Waals surface area contributed by atoms with E-state index in [2.05, 4.69) is 15.9 Å². The predicted octanol–water partition coefficient (Wildman–Crippen LogP) is 3.32. The van der Waals surface area contributed by atoms with Gasteiger partial charge < -0.3 is 0 Å². The van der Waals surface area contributed by atoms with Crippen molar-refractivity contribution in [2.75, 3.05) is 0 Å². The van der Waals surface area contributed by atoms with E-state index in [0.29, 0.717) is 4.83 Å². The lowest BCUT2D eigenvalue weighted by molar-refractivity contribution is 0.473. The zero-order chi connectivity index (χ0) is 7.72. The molecule has 1 aliphatic rings. The first-order chi connectivity index (χ1) is 4.61. The second kappa shape index (κ2) is 2.78. The van der Waals surface area contributed by atoms with Crippen LogP contribution in [0.5, 0.6) is 0 Å². The van der Waals surface area contributed by atoms with Crippen LogP contribution in [0.2, 0.25) is 0 Å². The van der Waals surface area contributed by atoms with Gasteiger partial charge in [-0.1, -0.05) is 15.9 Å². The zero-order valence-corrected chi connectivity index (χ0v) is 6.38. The Morgan fingerprint density at radius 2 is 1.90 bits per heavy atom. The average molecular weight is 212 g/mol. The molecule has 0 heterocycles. The molecule has 0 atom stereocenters. The molecular weight excluding hydrogens is 209 g/mol. The smallest absolute Gasteiger partial charge is 0.189 e. The summed E-state index contributed by atoms with van der Waals surface area (Å²) in [5.41, 5.74) is 0. The molecule has 0 aromatic carbocycles. The summed E-state index contributed by atoms with van der Waals surface area (Å²) in [5, 5.41) is 0. The molecule has 0 saturated heterocycles. The number of hydrogen-bond acceptors (Lipinski definition) is 0. The first-order valence-electron chi connectivity index (χ1n) is 2.54. The van der Waals surface area contributed by atoms with Crippen LogP contribution >= 0.6 is 15.9 Å². The lowest BCUT2D eigenvalue weighted by Crippen LogP contribution is -1.95. The Morgan fingerprint density at radius 3 is 2.40 bits per heavy atom. The molecule has 4 heteroatoms. The minimum Gasteiger partial charge on any atom is -0.208 e. The summed E-state index contributed by atoms with van der Waals surface area (Å²) < 4.78 is 36.6. The van der Waals surface area contributed by atoms with Gasteiger partial charge in [-0.3, -0.25) is 0 Å². The van der Waals surface area contributed by atoms with Gasteiger partial charge in [-0.2, -0.15) is 0 Å². The molecule has 1 rings (SSSR count). The van der Waals surface area contributed by atoms with Crippen LogP contribution in [0.15, 0.2) is 23.6 Å². The Bertz CT molecular complexity index is 207. The second-order valence-corrected chi connectivity index (χ2v) is 2.85. The molecule has 0 N–H and O–H groups in total. The third kappa shape index (κ3) is 1.42. The van der Waals surface area contributed by atoms with Gasteiger partial charge in [0.2, 0.25) is 0 Å². The van der Waals surface area contributed by atoms with Crippen LogP contribution in [0.4, 0.5) is 13.2 Å². The van der Waals surface area contributed by atoms with Crippen LogP contribution in [0, 0.1) is 4.83 Å². The molecule has 0 amide bonds. The third-order valence-electron chi connectivity index (χ3n) is 1.06. The van der Waals surface area contributed by atoms with Gasteiger partial charge in [0.15, 0.2) is 11.7 Å². The molecule has 0 aromatic rings. The van der Waals surface area contributed by atoms with E-state index in [9.17, 15) is 13.2 Å². The van der Waals surface area contributed by atoms with Crippen LogP contribution in [0.1, 0.15) is 6.42 Å². The Labute approximate surface area is 64.5 Å². The van der Waals surface area contributed by atoms with Gasteiger partial charge >= 0.3 is 0 Å². The van der Waals surface area contributed by atoms with Gasteiger partial charge in [-0.05, 0) is 6.08 Å². The topological polar surface area (TPSA) is 0 Å². The van der Waals surface area contributed by atoms with E-state index in [1.807, 2.05) is 0 Å². The van der Waals surface area contributed by atoms with Crippen molar-refractivity contribution in [3.8, 4) is 0 Å². The highest BCUT2D eigenvalue weighted by atomic mass is 79.9. The normalized spacial score (nSPS) is 21.4. The van der Waals surface area contributed by atoms with E-state index in [4.69, 9.17) is 0 Å². The van der Waals surface area contributed by atoms with Crippen LogP contribution in [0.3, 0.4) is 0 Å². The first kappa shape index (κ1) is 7.85. The predicted molar refractivity (Wildman–Crippen MR) is 35.2 cm³/mol. The molecule has 0 aromatic heterocycles. The minimum atomic E-state index is -1.39. The fourth-order valence-corrected chi connectivity index (χ4v) is 1.05. The first-order valence-corrected chi connectivity index (χ1v) is 3.33. The lowest BCUT2D eigenvalue weighted by atomic mass is 10.1. The number of hydrogen-bond donors (Lipinski definition) is 0. The van der Waals surface area contributed by atoms with Crippen molar-refractivity contribution in [3.63, 3.8) is 0 Å². The highest BCUT2D eigenvalue weighted by Gasteiger charge is 2.21. The molecule has 10 heavy (non-hydrogen) atoms. The minimum absolute atomic E-state index is 0.195. The second-order valence-electron chi connectivity index (χ2n) is 1.83. The van der Waals surface area contributed by atoms with E-state index < -0.39 is 17.5 Å². The molecule has 1 radical (unpaired) electrons. The molecule has 0 fully saturated rings. The van der Waals surface area contributed by atoms with Crippen LogP contribution in [-0.4, -0.2) is 0 Å². The molecule has 1 aliphatic carbocycles. The van der Waals surface area contributed by atoms with Crippen molar-refractivity contribution >= 4 is 15.9 Å². The van der Waals surface area contributed by atoms with Gasteiger partial charge in [0.25, 0.3) is 0 Å². The Hall–Kier alpha value is -0.250. The number of rotatable bonds is 0. The highest BCUT2D eigenvalue weighted by Crippen LogP contribution is 2.35. The van der Waals surface area contributed by atoms with E-state index >= 15 is 0 Å². The van der Waals surface area contributed by atoms with Gasteiger partial charge in [0.1, 0.15) is 5.83 Å². The Balaban J connectivity index is 2.90. The number of allylic oxidation sites excluding steroid dienone is 4. The third-order valence-corrected chi connectivity index (χ3v) is 1.56. The van der Waals surface area contributed by atoms with E-state index in [0.717, 1.165) is 6.08 Å². The summed E-state index contributed by atoms with van der Waals surface area (Å²) in [6.07, 6.45) is 0.720. The maximum Gasteiger partial charge on any atom is 0.189 e. The summed E-state index contributed by atoms with van der Waals surface area (Å²) in [7, 11) is 0. The quantitative estimate of drug-likeness (QED) is 0.577. The summed E-state index contributed by atoms with van der Waals surface area (Å²) in [5.74, 6) is -3.61. The maximum atomic E-state index is 12.3. The largest absolute Gasteiger partial charge is 0.208 e. The van der Waals surface area contributed by atoms with Gasteiger partial charge in [-0.25, -0.2) is 13.2 Å². The summed E-state index contributed by atoms with van der Waals surface area (Å²) >= 11 is 2.86. The highest BCUT2D eigenvalue weighted by molar-refractivity contribution is 9.11. The fourth-order valence-electron chi connectivity index (χ4n) is 0.607. The molecular formula is C6H3BrF3. The molecule has 0 bridgehead atoms. The average Bonchev–Trinajstić information content (AvgIpc) is 1.82. The standard InChI is InChI=1S/C6H3BrF3/c7-3-1-4(8)6(10)5(9)2-3/h1H,2H2. The summed E-state index contributed by atoms with van der Waals surface area (Å²) in [6.45, 7) is 0. The maximum absolute atomic E-state index is 12.3. The van der Waals surface area contributed by atoms with Crippen molar-refractivity contribution in [1.82, 2.24) is 0 Å². The molecule has 55 valence electrons. The van der Waals surface area contributed by atoms with Crippen molar-refractivity contribution in [2.24, 2.45) is 0 Å². The fraction of sp³-hybridized carbons (Fsp3) is 0.167. The molecule has 0 nitrogen and oxygen atoms in total. The molecule has 0 saturated carbocycles. The molecule has 0 unspecified atom stereocenters. The van der Waals surface area contributed by atoms with Crippen LogP contribution < -0.4 is 0 Å². The zero-order valence-electron chi connectivity index (χ0n) is 4.80. The van der Waals surface area contributed by atoms with E-state index in [-0.39, 0.29) is 6.42 Å². The Kier molecular flexibility index (Phi) is 2.18. The summed E-state index contributed by atoms with van der Waals surface area (Å²) in [6, 6.07) is 0.